The third-order valence-electron chi connectivity index (χ3n) is 4.37. The van der Waals surface area contributed by atoms with Crippen LogP contribution in [0.15, 0.2) is 73.1 Å². The van der Waals surface area contributed by atoms with Crippen LogP contribution in [0.5, 0.6) is 0 Å². The van der Waals surface area contributed by atoms with Crippen LogP contribution in [-0.2, 0) is 11.2 Å². The van der Waals surface area contributed by atoms with Crippen LogP contribution in [-0.4, -0.2) is 29.1 Å². The SMILES string of the molecule is CN(C(=O)Nc1cccnc1)c1cccc(-c2ccc(CCC(=O)O)cc2)c1. The van der Waals surface area contributed by atoms with E-state index in [-0.39, 0.29) is 12.5 Å². The number of carboxylic acid groups (broad SMARTS) is 1. The number of hydrogen-bond donors (Lipinski definition) is 2. The number of aromatic nitrogens is 1. The van der Waals surface area contributed by atoms with Gasteiger partial charge in [0.15, 0.2) is 0 Å². The van der Waals surface area contributed by atoms with Crippen LogP contribution in [0.1, 0.15) is 12.0 Å². The minimum atomic E-state index is -0.802. The highest BCUT2D eigenvalue weighted by Crippen LogP contribution is 2.25. The molecule has 0 aliphatic rings. The second-order valence-corrected chi connectivity index (χ2v) is 6.37. The Morgan fingerprint density at radius 1 is 1.04 bits per heavy atom. The van der Waals surface area contributed by atoms with Gasteiger partial charge in [-0.1, -0.05) is 36.4 Å². The van der Waals surface area contributed by atoms with E-state index in [9.17, 15) is 9.59 Å². The lowest BCUT2D eigenvalue weighted by atomic mass is 10.0. The highest BCUT2D eigenvalue weighted by Gasteiger charge is 2.12. The summed E-state index contributed by atoms with van der Waals surface area (Å²) < 4.78 is 0. The first-order chi connectivity index (χ1) is 13.5. The second kappa shape index (κ2) is 8.81. The molecule has 2 amide bonds. The van der Waals surface area contributed by atoms with Gasteiger partial charge in [0.1, 0.15) is 0 Å². The van der Waals surface area contributed by atoms with Gasteiger partial charge in [0.25, 0.3) is 0 Å². The Kier molecular flexibility index (Phi) is 6.01. The summed E-state index contributed by atoms with van der Waals surface area (Å²) in [5.74, 6) is -0.802. The van der Waals surface area contributed by atoms with Crippen molar-refractivity contribution < 1.29 is 14.7 Å². The van der Waals surface area contributed by atoms with E-state index in [0.29, 0.717) is 12.1 Å². The molecule has 142 valence electrons. The van der Waals surface area contributed by atoms with Crippen LogP contribution in [0.4, 0.5) is 16.2 Å². The Hall–Kier alpha value is -3.67. The fraction of sp³-hybridized carbons (Fsp3) is 0.136. The van der Waals surface area contributed by atoms with Crippen molar-refractivity contribution in [2.75, 3.05) is 17.3 Å². The predicted molar refractivity (Wildman–Crippen MR) is 109 cm³/mol. The van der Waals surface area contributed by atoms with Crippen molar-refractivity contribution in [1.82, 2.24) is 4.98 Å². The van der Waals surface area contributed by atoms with Crippen molar-refractivity contribution in [2.24, 2.45) is 0 Å². The van der Waals surface area contributed by atoms with E-state index >= 15 is 0 Å². The lowest BCUT2D eigenvalue weighted by Gasteiger charge is -2.19. The number of nitrogens with zero attached hydrogens (tertiary/aromatic N) is 2. The zero-order valence-electron chi connectivity index (χ0n) is 15.5. The Morgan fingerprint density at radius 3 is 2.50 bits per heavy atom. The molecule has 0 spiro atoms. The van der Waals surface area contributed by atoms with Gasteiger partial charge in [-0.3, -0.25) is 14.7 Å². The maximum absolute atomic E-state index is 12.5. The van der Waals surface area contributed by atoms with E-state index in [4.69, 9.17) is 5.11 Å². The quantitative estimate of drug-likeness (QED) is 0.667. The smallest absolute Gasteiger partial charge is 0.326 e. The maximum Gasteiger partial charge on any atom is 0.326 e. The number of pyridine rings is 1. The van der Waals surface area contributed by atoms with Gasteiger partial charge in [0.05, 0.1) is 11.9 Å². The predicted octanol–water partition coefficient (Wildman–Crippen LogP) is 4.43. The minimum Gasteiger partial charge on any atom is -0.481 e. The standard InChI is InChI=1S/C22H21N3O3/c1-25(22(28)24-19-5-3-13-23-15-19)20-6-2-4-18(14-20)17-10-7-16(8-11-17)9-12-21(26)27/h2-8,10-11,13-15H,9,12H2,1H3,(H,24,28)(H,26,27). The zero-order chi connectivity index (χ0) is 19.9. The monoisotopic (exact) mass is 375 g/mol. The van der Waals surface area contributed by atoms with Crippen LogP contribution < -0.4 is 10.2 Å². The Morgan fingerprint density at radius 2 is 1.82 bits per heavy atom. The number of aryl methyl sites for hydroxylation is 1. The summed E-state index contributed by atoms with van der Waals surface area (Å²) in [6, 6.07) is 18.8. The van der Waals surface area contributed by atoms with Gasteiger partial charge >= 0.3 is 12.0 Å². The van der Waals surface area contributed by atoms with Crippen molar-refractivity contribution in [2.45, 2.75) is 12.8 Å². The summed E-state index contributed by atoms with van der Waals surface area (Å²) in [4.78, 5) is 28.7. The number of carbonyl (C=O) groups is 2. The average Bonchev–Trinajstić information content (AvgIpc) is 2.73. The molecular formula is C22H21N3O3. The molecule has 3 rings (SSSR count). The summed E-state index contributed by atoms with van der Waals surface area (Å²) in [6.07, 6.45) is 3.86. The summed E-state index contributed by atoms with van der Waals surface area (Å²) >= 11 is 0. The number of rotatable bonds is 6. The van der Waals surface area contributed by atoms with Gasteiger partial charge in [0.2, 0.25) is 0 Å². The lowest BCUT2D eigenvalue weighted by Crippen LogP contribution is -2.31. The van der Waals surface area contributed by atoms with Gasteiger partial charge in [0, 0.05) is 25.4 Å². The van der Waals surface area contributed by atoms with Gasteiger partial charge in [-0.15, -0.1) is 0 Å². The minimum absolute atomic E-state index is 0.117. The molecule has 0 saturated carbocycles. The second-order valence-electron chi connectivity index (χ2n) is 6.37. The third kappa shape index (κ3) is 4.94. The van der Waals surface area contributed by atoms with E-state index in [0.717, 1.165) is 22.4 Å². The van der Waals surface area contributed by atoms with Crippen LogP contribution in [0.25, 0.3) is 11.1 Å². The molecule has 0 atom stereocenters. The fourth-order valence-corrected chi connectivity index (χ4v) is 2.77. The molecule has 2 N–H and O–H groups in total. The molecule has 2 aromatic carbocycles. The lowest BCUT2D eigenvalue weighted by molar-refractivity contribution is -0.136. The molecule has 0 radical (unpaired) electrons. The Bertz CT molecular complexity index is 956. The molecule has 0 aliphatic carbocycles. The Balaban J connectivity index is 1.72. The summed E-state index contributed by atoms with van der Waals surface area (Å²) in [5.41, 5.74) is 4.35. The van der Waals surface area contributed by atoms with Crippen LogP contribution >= 0.6 is 0 Å². The normalized spacial score (nSPS) is 10.3. The number of urea groups is 1. The number of benzene rings is 2. The topological polar surface area (TPSA) is 82.5 Å². The molecule has 6 heteroatoms. The van der Waals surface area contributed by atoms with E-state index in [2.05, 4.69) is 10.3 Å². The molecule has 0 fully saturated rings. The molecule has 0 unspecified atom stereocenters. The summed E-state index contributed by atoms with van der Waals surface area (Å²) in [7, 11) is 1.71. The first-order valence-corrected chi connectivity index (χ1v) is 8.89. The first kappa shape index (κ1) is 19.1. The molecule has 3 aromatic rings. The molecular weight excluding hydrogens is 354 g/mol. The first-order valence-electron chi connectivity index (χ1n) is 8.89. The van der Waals surface area contributed by atoms with Crippen molar-refractivity contribution in [3.05, 3.63) is 78.6 Å². The molecule has 0 saturated heterocycles. The third-order valence-corrected chi connectivity index (χ3v) is 4.37. The van der Waals surface area contributed by atoms with E-state index in [1.54, 1.807) is 31.6 Å². The van der Waals surface area contributed by atoms with Crippen LogP contribution in [0, 0.1) is 0 Å². The van der Waals surface area contributed by atoms with Gasteiger partial charge in [-0.25, -0.2) is 4.79 Å². The van der Waals surface area contributed by atoms with E-state index in [1.165, 1.54) is 4.90 Å². The largest absolute Gasteiger partial charge is 0.481 e. The zero-order valence-corrected chi connectivity index (χ0v) is 15.5. The van der Waals surface area contributed by atoms with Crippen molar-refractivity contribution in [1.29, 1.82) is 0 Å². The molecule has 1 heterocycles. The highest BCUT2D eigenvalue weighted by molar-refractivity contribution is 6.01. The summed E-state index contributed by atoms with van der Waals surface area (Å²) in [5, 5.41) is 11.6. The number of amides is 2. The van der Waals surface area contributed by atoms with Gasteiger partial charge in [-0.2, -0.15) is 0 Å². The molecule has 0 aliphatic heterocycles. The van der Waals surface area contributed by atoms with Gasteiger partial charge < -0.3 is 10.4 Å². The van der Waals surface area contributed by atoms with Crippen molar-refractivity contribution in [3.8, 4) is 11.1 Å². The fourth-order valence-electron chi connectivity index (χ4n) is 2.77. The highest BCUT2D eigenvalue weighted by atomic mass is 16.4. The van der Waals surface area contributed by atoms with Gasteiger partial charge in [-0.05, 0) is 47.4 Å². The summed E-state index contributed by atoms with van der Waals surface area (Å²) in [6.45, 7) is 0. The van der Waals surface area contributed by atoms with Crippen LogP contribution in [0.3, 0.4) is 0 Å². The number of anilines is 2. The van der Waals surface area contributed by atoms with E-state index in [1.807, 2.05) is 48.5 Å². The average molecular weight is 375 g/mol. The Labute approximate surface area is 163 Å². The number of hydrogen-bond acceptors (Lipinski definition) is 3. The number of nitrogens with one attached hydrogen (secondary N) is 1. The van der Waals surface area contributed by atoms with Crippen LogP contribution in [0.2, 0.25) is 0 Å². The molecule has 28 heavy (non-hydrogen) atoms. The van der Waals surface area contributed by atoms with Crippen molar-refractivity contribution >= 4 is 23.4 Å². The molecule has 0 bridgehead atoms. The number of carbonyl (C=O) groups excluding carboxylic acids is 1. The maximum atomic E-state index is 12.5. The molecule has 1 aromatic heterocycles. The van der Waals surface area contributed by atoms with Crippen molar-refractivity contribution in [3.63, 3.8) is 0 Å². The number of aliphatic carboxylic acids is 1. The number of carboxylic acids is 1. The molecule has 6 nitrogen and oxygen atoms in total. The van der Waals surface area contributed by atoms with E-state index < -0.39 is 5.97 Å².